The van der Waals surface area contributed by atoms with E-state index in [2.05, 4.69) is 34.3 Å². The Bertz CT molecular complexity index is 572. The second kappa shape index (κ2) is 5.60. The molecule has 4 heteroatoms. The van der Waals surface area contributed by atoms with Gasteiger partial charge in [0.05, 0.1) is 5.69 Å². The van der Waals surface area contributed by atoms with Crippen LogP contribution in [0.3, 0.4) is 0 Å². The molecule has 2 N–H and O–H groups in total. The third-order valence-corrected chi connectivity index (χ3v) is 2.79. The summed E-state index contributed by atoms with van der Waals surface area (Å²) in [7, 11) is 1.83. The van der Waals surface area contributed by atoms with Gasteiger partial charge in [-0.25, -0.2) is 4.98 Å². The Morgan fingerprint density at radius 2 is 2.00 bits per heavy atom. The summed E-state index contributed by atoms with van der Waals surface area (Å²) in [5, 5.41) is 2.99. The number of nitrogens with zero attached hydrogens (tertiary/aromatic N) is 1. The number of benzene rings is 1. The molecule has 2 aromatic rings. The zero-order valence-electron chi connectivity index (χ0n) is 10.7. The molecule has 0 amide bonds. The van der Waals surface area contributed by atoms with Crippen LogP contribution >= 0.6 is 0 Å². The lowest BCUT2D eigenvalue weighted by atomic mass is 10.1. The zero-order valence-corrected chi connectivity index (χ0v) is 10.7. The van der Waals surface area contributed by atoms with Crippen LogP contribution in [0.2, 0.25) is 0 Å². The molecule has 0 unspecified atom stereocenters. The molecule has 94 valence electrons. The second-order valence-corrected chi connectivity index (χ2v) is 4.17. The standard InChI is InChI=1S/C14H17N3O/c1-3-10-4-6-11(7-5-10)14-16-12(9-15-2)8-13(18)17-14/h4-8,15H,3,9H2,1-2H3,(H,16,17,18). The Balaban J connectivity index is 2.39. The minimum atomic E-state index is -0.121. The average molecular weight is 243 g/mol. The molecule has 0 aliphatic carbocycles. The van der Waals surface area contributed by atoms with Crippen molar-refractivity contribution in [2.75, 3.05) is 7.05 Å². The molecule has 18 heavy (non-hydrogen) atoms. The first-order valence-electron chi connectivity index (χ1n) is 6.07. The number of aromatic nitrogens is 2. The van der Waals surface area contributed by atoms with E-state index in [1.54, 1.807) is 0 Å². The molecule has 4 nitrogen and oxygen atoms in total. The summed E-state index contributed by atoms with van der Waals surface area (Å²) >= 11 is 0. The average Bonchev–Trinajstić information content (AvgIpc) is 2.38. The van der Waals surface area contributed by atoms with Crippen molar-refractivity contribution in [2.24, 2.45) is 0 Å². The molecule has 0 saturated heterocycles. The molecular formula is C14H17N3O. The molecule has 0 bridgehead atoms. The topological polar surface area (TPSA) is 57.8 Å². The van der Waals surface area contributed by atoms with E-state index in [4.69, 9.17) is 0 Å². The predicted molar refractivity (Wildman–Crippen MR) is 72.4 cm³/mol. The largest absolute Gasteiger partial charge is 0.314 e. The van der Waals surface area contributed by atoms with Gasteiger partial charge in [-0.1, -0.05) is 31.2 Å². The van der Waals surface area contributed by atoms with Crippen LogP contribution in [0, 0.1) is 0 Å². The van der Waals surface area contributed by atoms with Gasteiger partial charge in [-0.05, 0) is 19.0 Å². The van der Waals surface area contributed by atoms with Crippen molar-refractivity contribution in [2.45, 2.75) is 19.9 Å². The molecular weight excluding hydrogens is 226 g/mol. The highest BCUT2D eigenvalue weighted by molar-refractivity contribution is 5.55. The highest BCUT2D eigenvalue weighted by Gasteiger charge is 2.03. The Morgan fingerprint density at radius 3 is 2.61 bits per heavy atom. The number of H-pyrrole nitrogens is 1. The van der Waals surface area contributed by atoms with E-state index in [9.17, 15) is 4.79 Å². The van der Waals surface area contributed by atoms with Crippen LogP contribution in [0.25, 0.3) is 11.4 Å². The van der Waals surface area contributed by atoms with Crippen molar-refractivity contribution in [3.05, 3.63) is 51.9 Å². The summed E-state index contributed by atoms with van der Waals surface area (Å²) in [4.78, 5) is 18.8. The van der Waals surface area contributed by atoms with E-state index in [1.807, 2.05) is 19.2 Å². The number of nitrogens with one attached hydrogen (secondary N) is 2. The summed E-state index contributed by atoms with van der Waals surface area (Å²) in [5.74, 6) is 0.621. The van der Waals surface area contributed by atoms with E-state index >= 15 is 0 Å². The van der Waals surface area contributed by atoms with Crippen molar-refractivity contribution in [1.82, 2.24) is 15.3 Å². The monoisotopic (exact) mass is 243 g/mol. The maximum Gasteiger partial charge on any atom is 0.251 e. The summed E-state index contributed by atoms with van der Waals surface area (Å²) < 4.78 is 0. The summed E-state index contributed by atoms with van der Waals surface area (Å²) in [5.41, 5.74) is 2.83. The van der Waals surface area contributed by atoms with Gasteiger partial charge in [-0.15, -0.1) is 0 Å². The molecule has 0 radical (unpaired) electrons. The van der Waals surface area contributed by atoms with Crippen LogP contribution in [-0.2, 0) is 13.0 Å². The minimum Gasteiger partial charge on any atom is -0.314 e. The highest BCUT2D eigenvalue weighted by Crippen LogP contribution is 2.15. The van der Waals surface area contributed by atoms with E-state index < -0.39 is 0 Å². The molecule has 2 rings (SSSR count). The van der Waals surface area contributed by atoms with Crippen LogP contribution in [0.1, 0.15) is 18.2 Å². The first-order chi connectivity index (χ1) is 8.72. The van der Waals surface area contributed by atoms with Gasteiger partial charge in [-0.2, -0.15) is 0 Å². The molecule has 1 aromatic heterocycles. The molecule has 0 fully saturated rings. The normalized spacial score (nSPS) is 10.6. The van der Waals surface area contributed by atoms with Crippen molar-refractivity contribution in [3.63, 3.8) is 0 Å². The molecule has 1 heterocycles. The Hall–Kier alpha value is -1.94. The first-order valence-corrected chi connectivity index (χ1v) is 6.07. The summed E-state index contributed by atoms with van der Waals surface area (Å²) in [6.45, 7) is 2.70. The van der Waals surface area contributed by atoms with Crippen LogP contribution < -0.4 is 10.9 Å². The Morgan fingerprint density at radius 1 is 1.28 bits per heavy atom. The Kier molecular flexibility index (Phi) is 3.89. The minimum absolute atomic E-state index is 0.121. The van der Waals surface area contributed by atoms with E-state index in [0.29, 0.717) is 12.4 Å². The lowest BCUT2D eigenvalue weighted by Gasteiger charge is -2.05. The quantitative estimate of drug-likeness (QED) is 0.859. The fraction of sp³-hybridized carbons (Fsp3) is 0.286. The lowest BCUT2D eigenvalue weighted by molar-refractivity contribution is 0.785. The lowest BCUT2D eigenvalue weighted by Crippen LogP contribution is -2.14. The molecule has 0 aliphatic heterocycles. The molecule has 0 spiro atoms. The van der Waals surface area contributed by atoms with Gasteiger partial charge in [-0.3, -0.25) is 4.79 Å². The van der Waals surface area contributed by atoms with Crippen LogP contribution in [-0.4, -0.2) is 17.0 Å². The molecule has 0 saturated carbocycles. The Labute approximate surface area is 106 Å². The summed E-state index contributed by atoms with van der Waals surface area (Å²) in [6, 6.07) is 9.60. The predicted octanol–water partition coefficient (Wildman–Crippen LogP) is 1.72. The van der Waals surface area contributed by atoms with Gasteiger partial charge in [0.25, 0.3) is 5.56 Å². The highest BCUT2D eigenvalue weighted by atomic mass is 16.1. The van der Waals surface area contributed by atoms with Crippen molar-refractivity contribution < 1.29 is 0 Å². The van der Waals surface area contributed by atoms with Crippen LogP contribution in [0.5, 0.6) is 0 Å². The van der Waals surface area contributed by atoms with Gasteiger partial charge >= 0.3 is 0 Å². The third-order valence-electron chi connectivity index (χ3n) is 2.79. The van der Waals surface area contributed by atoms with Crippen molar-refractivity contribution in [1.29, 1.82) is 0 Å². The van der Waals surface area contributed by atoms with E-state index in [1.165, 1.54) is 11.6 Å². The second-order valence-electron chi connectivity index (χ2n) is 4.17. The van der Waals surface area contributed by atoms with Crippen molar-refractivity contribution >= 4 is 0 Å². The number of hydrogen-bond acceptors (Lipinski definition) is 3. The number of hydrogen-bond donors (Lipinski definition) is 2. The number of aryl methyl sites for hydroxylation is 1. The van der Waals surface area contributed by atoms with Gasteiger partial charge in [0.1, 0.15) is 5.82 Å². The zero-order chi connectivity index (χ0) is 13.0. The van der Waals surface area contributed by atoms with Crippen LogP contribution in [0.4, 0.5) is 0 Å². The van der Waals surface area contributed by atoms with E-state index in [-0.39, 0.29) is 5.56 Å². The SMILES string of the molecule is CCc1ccc(-c2nc(CNC)cc(=O)[nH]2)cc1. The number of aromatic amines is 1. The van der Waals surface area contributed by atoms with Gasteiger partial charge in [0.15, 0.2) is 0 Å². The van der Waals surface area contributed by atoms with Crippen molar-refractivity contribution in [3.8, 4) is 11.4 Å². The molecule has 0 aliphatic rings. The number of rotatable bonds is 4. The third kappa shape index (κ3) is 2.84. The first kappa shape index (κ1) is 12.5. The fourth-order valence-corrected chi connectivity index (χ4v) is 1.81. The maximum atomic E-state index is 11.6. The van der Waals surface area contributed by atoms with Gasteiger partial charge in [0, 0.05) is 18.2 Å². The smallest absolute Gasteiger partial charge is 0.251 e. The maximum absolute atomic E-state index is 11.6. The van der Waals surface area contributed by atoms with E-state index in [0.717, 1.165) is 17.7 Å². The molecule has 1 aromatic carbocycles. The van der Waals surface area contributed by atoms with Crippen LogP contribution in [0.15, 0.2) is 35.1 Å². The van der Waals surface area contributed by atoms with Gasteiger partial charge < -0.3 is 10.3 Å². The fourth-order valence-electron chi connectivity index (χ4n) is 1.81. The summed E-state index contributed by atoms with van der Waals surface area (Å²) in [6.07, 6.45) is 1.00. The van der Waals surface area contributed by atoms with Gasteiger partial charge in [0.2, 0.25) is 0 Å². The molecule has 0 atom stereocenters.